The molecule has 0 aliphatic heterocycles. The first-order valence-corrected chi connectivity index (χ1v) is 17.8. The largest absolute Gasteiger partial charge is 0.308 e. The average molecular weight is 687 g/mol. The van der Waals surface area contributed by atoms with Gasteiger partial charge in [0.2, 0.25) is 0 Å². The van der Waals surface area contributed by atoms with Gasteiger partial charge in [-0.15, -0.1) is 0 Å². The molecule has 0 radical (unpaired) electrons. The van der Waals surface area contributed by atoms with Crippen LogP contribution in [0.3, 0.4) is 0 Å². The lowest BCUT2D eigenvalue weighted by molar-refractivity contribution is 0.628. The number of hydrogen-bond acceptors (Lipinski definition) is 3. The van der Waals surface area contributed by atoms with Crippen molar-refractivity contribution in [2.75, 3.05) is 0 Å². The maximum Gasteiger partial charge on any atom is 0.166 e. The number of rotatable bonds is 6. The predicted octanol–water partition coefficient (Wildman–Crippen LogP) is 12.4. The van der Waals surface area contributed by atoms with Crippen molar-refractivity contribution in [1.82, 2.24) is 19.5 Å². The van der Waals surface area contributed by atoms with Crippen LogP contribution in [-0.4, -0.2) is 19.5 Å². The average Bonchev–Trinajstić information content (AvgIpc) is 3.51. The number of fused-ring (bicyclic) bond motifs is 3. The van der Waals surface area contributed by atoms with Gasteiger partial charge in [-0.05, 0) is 90.6 Å². The highest BCUT2D eigenvalue weighted by Gasteiger charge is 2.21. The standard InChI is InChI=1S/C48H35FN4/c1-30-26-31(2)45(32(3)27-30)37-21-24-40-39-16-10-11-17-42(39)53(43(40)29-37)44-28-36(33-18-22-38(49)23-19-33)20-25-41(44)48-51-46(34-12-6-4-7-13-34)50-47(52-48)35-14-8-5-9-15-35/h4-29H,1-3H3. The Labute approximate surface area is 307 Å². The van der Waals surface area contributed by atoms with Crippen molar-refractivity contribution in [1.29, 1.82) is 0 Å². The summed E-state index contributed by atoms with van der Waals surface area (Å²) < 4.78 is 16.5. The van der Waals surface area contributed by atoms with Crippen LogP contribution < -0.4 is 0 Å². The monoisotopic (exact) mass is 686 g/mol. The maximum atomic E-state index is 14.1. The molecule has 0 N–H and O–H groups in total. The zero-order valence-electron chi connectivity index (χ0n) is 29.7. The van der Waals surface area contributed by atoms with Crippen LogP contribution in [0.15, 0.2) is 158 Å². The number of aromatic nitrogens is 4. The fraction of sp³-hybridized carbons (Fsp3) is 0.0625. The molecule has 2 aromatic heterocycles. The Morgan fingerprint density at radius 3 is 1.64 bits per heavy atom. The van der Waals surface area contributed by atoms with E-state index in [1.165, 1.54) is 34.4 Å². The Morgan fingerprint density at radius 2 is 0.981 bits per heavy atom. The topological polar surface area (TPSA) is 43.6 Å². The summed E-state index contributed by atoms with van der Waals surface area (Å²) in [5.41, 5.74) is 13.7. The van der Waals surface area contributed by atoms with E-state index in [9.17, 15) is 4.39 Å². The van der Waals surface area contributed by atoms with Crippen molar-refractivity contribution in [3.05, 3.63) is 180 Å². The Kier molecular flexibility index (Phi) is 7.97. The van der Waals surface area contributed by atoms with Crippen LogP contribution in [-0.2, 0) is 0 Å². The van der Waals surface area contributed by atoms with E-state index in [4.69, 9.17) is 15.0 Å². The molecule has 53 heavy (non-hydrogen) atoms. The maximum absolute atomic E-state index is 14.1. The predicted molar refractivity (Wildman–Crippen MR) is 216 cm³/mol. The van der Waals surface area contributed by atoms with Gasteiger partial charge in [0.1, 0.15) is 5.82 Å². The van der Waals surface area contributed by atoms with E-state index in [2.05, 4.69) is 98.1 Å². The second kappa shape index (κ2) is 13.1. The molecule has 0 saturated carbocycles. The van der Waals surface area contributed by atoms with E-state index in [0.717, 1.165) is 60.9 Å². The molecule has 7 aromatic carbocycles. The molecular formula is C48H35FN4. The molecule has 2 heterocycles. The third-order valence-corrected chi connectivity index (χ3v) is 10.00. The molecule has 254 valence electrons. The highest BCUT2D eigenvalue weighted by Crippen LogP contribution is 2.40. The lowest BCUT2D eigenvalue weighted by atomic mass is 9.93. The summed E-state index contributed by atoms with van der Waals surface area (Å²) in [5.74, 6) is 1.48. The lowest BCUT2D eigenvalue weighted by Crippen LogP contribution is -2.04. The minimum atomic E-state index is -0.269. The van der Waals surface area contributed by atoms with Crippen molar-refractivity contribution in [2.45, 2.75) is 20.8 Å². The van der Waals surface area contributed by atoms with Crippen LogP contribution in [0, 0.1) is 26.6 Å². The minimum Gasteiger partial charge on any atom is -0.308 e. The van der Waals surface area contributed by atoms with E-state index < -0.39 is 0 Å². The van der Waals surface area contributed by atoms with E-state index >= 15 is 0 Å². The fourth-order valence-corrected chi connectivity index (χ4v) is 7.68. The van der Waals surface area contributed by atoms with Crippen LogP contribution in [0.1, 0.15) is 16.7 Å². The molecule has 9 aromatic rings. The van der Waals surface area contributed by atoms with E-state index in [0.29, 0.717) is 17.5 Å². The summed E-state index contributed by atoms with van der Waals surface area (Å²) in [5, 5.41) is 2.30. The molecule has 0 amide bonds. The van der Waals surface area contributed by atoms with Gasteiger partial charge in [-0.1, -0.05) is 127 Å². The first kappa shape index (κ1) is 32.2. The third kappa shape index (κ3) is 5.86. The summed E-state index contributed by atoms with van der Waals surface area (Å²) in [4.78, 5) is 15.3. The molecular weight excluding hydrogens is 652 g/mol. The molecule has 0 aliphatic rings. The molecule has 0 spiro atoms. The fourth-order valence-electron chi connectivity index (χ4n) is 7.68. The van der Waals surface area contributed by atoms with Crippen molar-refractivity contribution < 1.29 is 4.39 Å². The van der Waals surface area contributed by atoms with Gasteiger partial charge in [0.15, 0.2) is 17.5 Å². The van der Waals surface area contributed by atoms with E-state index in [1.807, 2.05) is 72.8 Å². The molecule has 0 saturated heterocycles. The molecule has 9 rings (SSSR count). The SMILES string of the molecule is Cc1cc(C)c(-c2ccc3c4ccccc4n(-c4cc(-c5ccc(F)cc5)ccc4-c4nc(-c5ccccc5)nc(-c5ccccc5)n4)c3c2)c(C)c1. The zero-order valence-corrected chi connectivity index (χ0v) is 29.7. The Bertz CT molecular complexity index is 2720. The molecule has 0 bridgehead atoms. The number of hydrogen-bond donors (Lipinski definition) is 0. The molecule has 0 fully saturated rings. The minimum absolute atomic E-state index is 0.269. The number of halogens is 1. The zero-order chi connectivity index (χ0) is 36.1. The third-order valence-electron chi connectivity index (χ3n) is 10.00. The summed E-state index contributed by atoms with van der Waals surface area (Å²) in [6, 6.07) is 52.9. The smallest absolute Gasteiger partial charge is 0.166 e. The van der Waals surface area contributed by atoms with Crippen molar-refractivity contribution >= 4 is 21.8 Å². The summed E-state index contributed by atoms with van der Waals surface area (Å²) in [7, 11) is 0. The number of benzene rings is 7. The molecule has 5 heteroatoms. The number of nitrogens with zero attached hydrogens (tertiary/aromatic N) is 4. The van der Waals surface area contributed by atoms with Gasteiger partial charge < -0.3 is 4.57 Å². The van der Waals surface area contributed by atoms with Gasteiger partial charge in [0, 0.05) is 27.5 Å². The molecule has 4 nitrogen and oxygen atoms in total. The van der Waals surface area contributed by atoms with Gasteiger partial charge in [0.05, 0.1) is 16.7 Å². The lowest BCUT2D eigenvalue weighted by Gasteiger charge is -2.17. The molecule has 0 atom stereocenters. The van der Waals surface area contributed by atoms with E-state index in [-0.39, 0.29) is 5.82 Å². The number of aryl methyl sites for hydroxylation is 3. The van der Waals surface area contributed by atoms with E-state index in [1.54, 1.807) is 0 Å². The van der Waals surface area contributed by atoms with Crippen molar-refractivity contribution in [2.24, 2.45) is 0 Å². The molecule has 0 aliphatic carbocycles. The highest BCUT2D eigenvalue weighted by atomic mass is 19.1. The first-order chi connectivity index (χ1) is 25.9. The van der Waals surface area contributed by atoms with Crippen LogP contribution in [0.4, 0.5) is 4.39 Å². The van der Waals surface area contributed by atoms with Gasteiger partial charge in [-0.3, -0.25) is 0 Å². The normalized spacial score (nSPS) is 11.4. The van der Waals surface area contributed by atoms with Gasteiger partial charge >= 0.3 is 0 Å². The number of para-hydroxylation sites is 1. The highest BCUT2D eigenvalue weighted by molar-refractivity contribution is 6.11. The summed E-state index contributed by atoms with van der Waals surface area (Å²) >= 11 is 0. The van der Waals surface area contributed by atoms with Crippen molar-refractivity contribution in [3.8, 4) is 62.1 Å². The first-order valence-electron chi connectivity index (χ1n) is 17.8. The second-order valence-corrected chi connectivity index (χ2v) is 13.6. The Balaban J connectivity index is 1.36. The molecule has 0 unspecified atom stereocenters. The summed E-state index contributed by atoms with van der Waals surface area (Å²) in [6.45, 7) is 6.53. The van der Waals surface area contributed by atoms with Crippen LogP contribution >= 0.6 is 0 Å². The van der Waals surface area contributed by atoms with Crippen LogP contribution in [0.25, 0.3) is 83.9 Å². The van der Waals surface area contributed by atoms with Gasteiger partial charge in [0.25, 0.3) is 0 Å². The van der Waals surface area contributed by atoms with Crippen LogP contribution in [0.5, 0.6) is 0 Å². The quantitative estimate of drug-likeness (QED) is 0.175. The Morgan fingerprint density at radius 1 is 0.434 bits per heavy atom. The van der Waals surface area contributed by atoms with Gasteiger partial charge in [-0.25, -0.2) is 19.3 Å². The summed E-state index contributed by atoms with van der Waals surface area (Å²) in [6.07, 6.45) is 0. The second-order valence-electron chi connectivity index (χ2n) is 13.6. The van der Waals surface area contributed by atoms with Crippen molar-refractivity contribution in [3.63, 3.8) is 0 Å². The van der Waals surface area contributed by atoms with Gasteiger partial charge in [-0.2, -0.15) is 0 Å². The Hall–Kier alpha value is -6.72. The van der Waals surface area contributed by atoms with Crippen LogP contribution in [0.2, 0.25) is 0 Å².